The van der Waals surface area contributed by atoms with Gasteiger partial charge in [-0.3, -0.25) is 0 Å². The smallest absolute Gasteiger partial charge is 0.0805 e. The minimum atomic E-state index is -0.117. The van der Waals surface area contributed by atoms with Crippen LogP contribution in [0.4, 0.5) is 11.4 Å². The van der Waals surface area contributed by atoms with Gasteiger partial charge in [0, 0.05) is 13.1 Å². The monoisotopic (exact) mass is 234 g/mol. The van der Waals surface area contributed by atoms with E-state index in [1.54, 1.807) is 0 Å². The Morgan fingerprint density at radius 2 is 2.12 bits per heavy atom. The number of nitrogens with two attached hydrogens (primary N) is 1. The van der Waals surface area contributed by atoms with E-state index in [1.165, 1.54) is 0 Å². The van der Waals surface area contributed by atoms with Crippen molar-refractivity contribution in [3.63, 3.8) is 0 Å². The SMILES string of the molecule is Cc1cccc(N2CC(C)OC(C)(C)C2)c1N. The number of hydrogen-bond donors (Lipinski definition) is 1. The summed E-state index contributed by atoms with van der Waals surface area (Å²) in [5.74, 6) is 0. The Labute approximate surface area is 104 Å². The molecule has 2 rings (SSSR count). The van der Waals surface area contributed by atoms with Crippen LogP contribution in [0.25, 0.3) is 0 Å². The molecule has 1 aromatic carbocycles. The van der Waals surface area contributed by atoms with Crippen molar-refractivity contribution in [1.29, 1.82) is 0 Å². The van der Waals surface area contributed by atoms with Gasteiger partial charge < -0.3 is 15.4 Å². The van der Waals surface area contributed by atoms with Crippen molar-refractivity contribution in [2.24, 2.45) is 0 Å². The highest BCUT2D eigenvalue weighted by Gasteiger charge is 2.32. The maximum absolute atomic E-state index is 6.16. The van der Waals surface area contributed by atoms with Crippen molar-refractivity contribution in [3.8, 4) is 0 Å². The molecule has 0 bridgehead atoms. The summed E-state index contributed by atoms with van der Waals surface area (Å²) in [6, 6.07) is 6.21. The van der Waals surface area contributed by atoms with Crippen molar-refractivity contribution in [2.45, 2.75) is 39.4 Å². The number of benzene rings is 1. The number of hydrogen-bond acceptors (Lipinski definition) is 3. The second kappa shape index (κ2) is 4.22. The third kappa shape index (κ3) is 2.55. The van der Waals surface area contributed by atoms with Gasteiger partial charge in [0.2, 0.25) is 0 Å². The van der Waals surface area contributed by atoms with Gasteiger partial charge >= 0.3 is 0 Å². The summed E-state index contributed by atoms with van der Waals surface area (Å²) in [5.41, 5.74) is 9.21. The molecule has 1 unspecified atom stereocenters. The van der Waals surface area contributed by atoms with Crippen molar-refractivity contribution in [3.05, 3.63) is 23.8 Å². The molecule has 94 valence electrons. The molecule has 0 aromatic heterocycles. The van der Waals surface area contributed by atoms with E-state index in [0.717, 1.165) is 30.0 Å². The number of ether oxygens (including phenoxy) is 1. The van der Waals surface area contributed by atoms with E-state index >= 15 is 0 Å². The molecule has 1 aliphatic rings. The topological polar surface area (TPSA) is 38.5 Å². The number of rotatable bonds is 1. The Morgan fingerprint density at radius 1 is 1.41 bits per heavy atom. The van der Waals surface area contributed by atoms with Crippen molar-refractivity contribution < 1.29 is 4.74 Å². The zero-order chi connectivity index (χ0) is 12.6. The van der Waals surface area contributed by atoms with Crippen molar-refractivity contribution in [1.82, 2.24) is 0 Å². The second-order valence-electron chi connectivity index (χ2n) is 5.58. The average molecular weight is 234 g/mol. The molecule has 0 amide bonds. The number of para-hydroxylation sites is 1. The first-order valence-corrected chi connectivity index (χ1v) is 6.17. The molecule has 1 atom stereocenters. The molecule has 0 saturated carbocycles. The van der Waals surface area contributed by atoms with Crippen LogP contribution in [0.2, 0.25) is 0 Å². The summed E-state index contributed by atoms with van der Waals surface area (Å²) in [6.07, 6.45) is 0.235. The van der Waals surface area contributed by atoms with Gasteiger partial charge in [0.05, 0.1) is 23.1 Å². The highest BCUT2D eigenvalue weighted by Crippen LogP contribution is 2.31. The predicted molar refractivity (Wildman–Crippen MR) is 72.4 cm³/mol. The van der Waals surface area contributed by atoms with Crippen molar-refractivity contribution in [2.75, 3.05) is 23.7 Å². The number of nitrogens with zero attached hydrogens (tertiary/aromatic N) is 1. The lowest BCUT2D eigenvalue weighted by Gasteiger charge is -2.43. The number of nitrogen functional groups attached to an aromatic ring is 1. The van der Waals surface area contributed by atoms with Crippen LogP contribution in [0.3, 0.4) is 0 Å². The summed E-state index contributed by atoms with van der Waals surface area (Å²) in [7, 11) is 0. The molecule has 1 aliphatic heterocycles. The largest absolute Gasteiger partial charge is 0.397 e. The number of anilines is 2. The molecule has 0 aliphatic carbocycles. The Kier molecular flexibility index (Phi) is 3.04. The molecule has 1 heterocycles. The van der Waals surface area contributed by atoms with Gasteiger partial charge in [0.1, 0.15) is 0 Å². The Hall–Kier alpha value is -1.22. The van der Waals surface area contributed by atoms with Crippen LogP contribution in [0, 0.1) is 6.92 Å². The van der Waals surface area contributed by atoms with E-state index in [-0.39, 0.29) is 11.7 Å². The van der Waals surface area contributed by atoms with E-state index in [0.29, 0.717) is 0 Å². The minimum absolute atomic E-state index is 0.117. The molecular weight excluding hydrogens is 212 g/mol. The zero-order valence-corrected chi connectivity index (χ0v) is 11.2. The van der Waals surface area contributed by atoms with Crippen LogP contribution in [0.5, 0.6) is 0 Å². The fourth-order valence-corrected chi connectivity index (χ4v) is 2.58. The van der Waals surface area contributed by atoms with E-state index < -0.39 is 0 Å². The molecule has 1 saturated heterocycles. The van der Waals surface area contributed by atoms with E-state index in [4.69, 9.17) is 10.5 Å². The molecule has 1 aromatic rings. The summed E-state index contributed by atoms with van der Waals surface area (Å²) in [5, 5.41) is 0. The standard InChI is InChI=1S/C14H22N2O/c1-10-6-5-7-12(13(10)15)16-8-11(2)17-14(3,4)9-16/h5-7,11H,8-9,15H2,1-4H3. The van der Waals surface area contributed by atoms with Crippen LogP contribution in [-0.4, -0.2) is 24.8 Å². The number of aryl methyl sites for hydroxylation is 1. The van der Waals surface area contributed by atoms with Crippen molar-refractivity contribution >= 4 is 11.4 Å². The van der Waals surface area contributed by atoms with E-state index in [2.05, 4.69) is 37.8 Å². The van der Waals surface area contributed by atoms with Crippen LogP contribution in [0.15, 0.2) is 18.2 Å². The molecule has 0 spiro atoms. The lowest BCUT2D eigenvalue weighted by atomic mass is 10.0. The summed E-state index contributed by atoms with van der Waals surface area (Å²) < 4.78 is 5.91. The first-order chi connectivity index (χ1) is 7.89. The van der Waals surface area contributed by atoms with Gasteiger partial charge in [-0.25, -0.2) is 0 Å². The molecule has 2 N–H and O–H groups in total. The highest BCUT2D eigenvalue weighted by molar-refractivity contribution is 5.71. The molecule has 0 radical (unpaired) electrons. The summed E-state index contributed by atoms with van der Waals surface area (Å²) in [4.78, 5) is 2.33. The maximum atomic E-state index is 6.16. The second-order valence-corrected chi connectivity index (χ2v) is 5.58. The van der Waals surface area contributed by atoms with Crippen LogP contribution >= 0.6 is 0 Å². The van der Waals surface area contributed by atoms with Gasteiger partial charge in [0.15, 0.2) is 0 Å². The first-order valence-electron chi connectivity index (χ1n) is 6.17. The average Bonchev–Trinajstić information content (AvgIpc) is 2.19. The van der Waals surface area contributed by atoms with Gasteiger partial charge in [-0.15, -0.1) is 0 Å². The third-order valence-electron chi connectivity index (χ3n) is 3.21. The van der Waals surface area contributed by atoms with Crippen LogP contribution in [-0.2, 0) is 4.74 Å². The van der Waals surface area contributed by atoms with Crippen LogP contribution < -0.4 is 10.6 Å². The first kappa shape index (κ1) is 12.2. The van der Waals surface area contributed by atoms with Gasteiger partial charge in [0.25, 0.3) is 0 Å². The van der Waals surface area contributed by atoms with Gasteiger partial charge in [-0.2, -0.15) is 0 Å². The van der Waals surface area contributed by atoms with Gasteiger partial charge in [-0.1, -0.05) is 12.1 Å². The fraction of sp³-hybridized carbons (Fsp3) is 0.571. The molecule has 17 heavy (non-hydrogen) atoms. The van der Waals surface area contributed by atoms with E-state index in [9.17, 15) is 0 Å². The predicted octanol–water partition coefficient (Wildman–Crippen LogP) is 2.58. The third-order valence-corrected chi connectivity index (χ3v) is 3.21. The van der Waals surface area contributed by atoms with E-state index in [1.807, 2.05) is 13.0 Å². The normalized spacial score (nSPS) is 23.8. The zero-order valence-electron chi connectivity index (χ0n) is 11.2. The molecule has 3 heteroatoms. The highest BCUT2D eigenvalue weighted by atomic mass is 16.5. The molecule has 3 nitrogen and oxygen atoms in total. The Balaban J connectivity index is 2.30. The minimum Gasteiger partial charge on any atom is -0.397 e. The summed E-state index contributed by atoms with van der Waals surface area (Å²) >= 11 is 0. The maximum Gasteiger partial charge on any atom is 0.0805 e. The quantitative estimate of drug-likeness (QED) is 0.759. The lowest BCUT2D eigenvalue weighted by Crippen LogP contribution is -2.52. The fourth-order valence-electron chi connectivity index (χ4n) is 2.58. The molecular formula is C14H22N2O. The van der Waals surface area contributed by atoms with Gasteiger partial charge in [-0.05, 0) is 39.3 Å². The lowest BCUT2D eigenvalue weighted by molar-refractivity contribution is -0.0749. The molecule has 1 fully saturated rings. The summed E-state index contributed by atoms with van der Waals surface area (Å²) in [6.45, 7) is 10.2. The Bertz CT molecular complexity index is 415. The van der Waals surface area contributed by atoms with Crippen LogP contribution in [0.1, 0.15) is 26.3 Å². The number of morpholine rings is 1. The Morgan fingerprint density at radius 3 is 2.76 bits per heavy atom.